The van der Waals surface area contributed by atoms with Gasteiger partial charge in [-0.15, -0.1) is 0 Å². The Morgan fingerprint density at radius 1 is 1.05 bits per heavy atom. The Morgan fingerprint density at radius 3 is 2.46 bits per heavy atom. The van der Waals surface area contributed by atoms with Crippen LogP contribution in [0.3, 0.4) is 0 Å². The maximum Gasteiger partial charge on any atom is 0.268 e. The molecule has 3 aromatic rings. The van der Waals surface area contributed by atoms with E-state index in [1.54, 1.807) is 12.1 Å². The number of carbonyl (C=O) groups is 2. The van der Waals surface area contributed by atoms with Crippen LogP contribution in [0.25, 0.3) is 0 Å². The summed E-state index contributed by atoms with van der Waals surface area (Å²) in [5.74, 6) is -0.925. The van der Waals surface area contributed by atoms with E-state index in [0.717, 1.165) is 28.4 Å². The largest absolute Gasteiger partial charge is 0.488 e. The average Bonchev–Trinajstić information content (AvgIpc) is 2.89. The number of hydrogen-bond donors (Lipinski definition) is 2. The molecule has 1 saturated heterocycles. The first-order valence-corrected chi connectivity index (χ1v) is 14.0. The van der Waals surface area contributed by atoms with Gasteiger partial charge in [0.2, 0.25) is 5.91 Å². The normalized spacial score (nSPS) is 15.6. The third-order valence-corrected chi connectivity index (χ3v) is 7.76. The Hall–Kier alpha value is -3.21. The van der Waals surface area contributed by atoms with E-state index in [-0.39, 0.29) is 34.6 Å². The van der Waals surface area contributed by atoms with E-state index in [1.807, 2.05) is 31.2 Å². The van der Waals surface area contributed by atoms with Crippen LogP contribution >= 0.6 is 15.9 Å². The summed E-state index contributed by atoms with van der Waals surface area (Å²) in [6.45, 7) is 3.10. The van der Waals surface area contributed by atoms with E-state index in [1.165, 1.54) is 30.3 Å². The molecule has 1 heterocycles. The van der Waals surface area contributed by atoms with Gasteiger partial charge < -0.3 is 14.8 Å². The van der Waals surface area contributed by atoms with Crippen molar-refractivity contribution in [3.05, 3.63) is 87.9 Å². The first-order chi connectivity index (χ1) is 17.7. The van der Waals surface area contributed by atoms with E-state index < -0.39 is 15.9 Å². The lowest BCUT2D eigenvalue weighted by Gasteiger charge is -2.21. The molecule has 0 unspecified atom stereocenters. The number of halogens is 1. The van der Waals surface area contributed by atoms with Crippen LogP contribution in [-0.2, 0) is 26.2 Å². The second kappa shape index (κ2) is 11.9. The molecule has 4 rings (SSSR count). The number of nitrogens with one attached hydrogen (secondary N) is 2. The highest BCUT2D eigenvalue weighted by Crippen LogP contribution is 2.24. The molecule has 0 spiro atoms. The number of amides is 2. The zero-order valence-corrected chi connectivity index (χ0v) is 22.6. The van der Waals surface area contributed by atoms with Crippen molar-refractivity contribution in [3.63, 3.8) is 0 Å². The molecule has 1 aliphatic rings. The minimum atomic E-state index is -4.17. The fraction of sp³-hybridized carbons (Fsp3) is 0.259. The van der Waals surface area contributed by atoms with Crippen LogP contribution in [0.2, 0.25) is 0 Å². The summed E-state index contributed by atoms with van der Waals surface area (Å²) in [7, 11) is -4.17. The third kappa shape index (κ3) is 7.18. The highest BCUT2D eigenvalue weighted by atomic mass is 79.9. The van der Waals surface area contributed by atoms with Gasteiger partial charge in [-0.3, -0.25) is 9.59 Å². The van der Waals surface area contributed by atoms with Crippen molar-refractivity contribution in [1.82, 2.24) is 4.72 Å². The first kappa shape index (κ1) is 26.8. The van der Waals surface area contributed by atoms with Gasteiger partial charge >= 0.3 is 0 Å². The molecule has 1 atom stereocenters. The number of ether oxygens (including phenoxy) is 2. The molecular weight excluding hydrogens is 560 g/mol. The topological polar surface area (TPSA) is 111 Å². The van der Waals surface area contributed by atoms with Crippen LogP contribution in [0.4, 0.5) is 5.69 Å². The summed E-state index contributed by atoms with van der Waals surface area (Å²) in [5, 5.41) is 2.78. The Bertz CT molecular complexity index is 1370. The molecule has 0 radical (unpaired) electrons. The fourth-order valence-corrected chi connectivity index (χ4v) is 5.05. The number of carbonyl (C=O) groups excluding carboxylic acids is 2. The van der Waals surface area contributed by atoms with Gasteiger partial charge in [-0.1, -0.05) is 34.1 Å². The molecule has 1 fully saturated rings. The molecule has 10 heteroatoms. The van der Waals surface area contributed by atoms with Crippen molar-refractivity contribution < 1.29 is 27.5 Å². The van der Waals surface area contributed by atoms with E-state index in [0.29, 0.717) is 18.9 Å². The highest BCUT2D eigenvalue weighted by molar-refractivity contribution is 9.10. The van der Waals surface area contributed by atoms with E-state index in [4.69, 9.17) is 9.47 Å². The molecule has 0 aromatic heterocycles. The standard InChI is InChI=1S/C27H27BrN2O6S/c1-18-4-13-24(25(15-18)36-16-19-5-7-21(28)8-6-19)27(32)30-37(33,34)23-11-9-22(10-12-23)29-26(31)20-3-2-14-35-17-20/h4-13,15,20H,2-3,14,16-17H2,1H3,(H,29,31)(H,30,32)/t20-/m0/s1. The van der Waals surface area contributed by atoms with Gasteiger partial charge in [0.1, 0.15) is 12.4 Å². The first-order valence-electron chi connectivity index (χ1n) is 11.7. The van der Waals surface area contributed by atoms with E-state index >= 15 is 0 Å². The molecule has 194 valence electrons. The zero-order chi connectivity index (χ0) is 26.4. The van der Waals surface area contributed by atoms with Crippen LogP contribution in [-0.4, -0.2) is 33.4 Å². The van der Waals surface area contributed by atoms with Crippen molar-refractivity contribution in [1.29, 1.82) is 0 Å². The van der Waals surface area contributed by atoms with Gasteiger partial charge in [-0.05, 0) is 79.4 Å². The smallest absolute Gasteiger partial charge is 0.268 e. The maximum absolute atomic E-state index is 13.0. The second-order valence-corrected chi connectivity index (χ2v) is 11.4. The Labute approximate surface area is 224 Å². The average molecular weight is 587 g/mol. The number of anilines is 1. The zero-order valence-electron chi connectivity index (χ0n) is 20.2. The van der Waals surface area contributed by atoms with Crippen LogP contribution in [0.5, 0.6) is 5.75 Å². The summed E-state index contributed by atoms with van der Waals surface area (Å²) in [6, 6.07) is 18.1. The van der Waals surface area contributed by atoms with Crippen LogP contribution in [0.1, 0.15) is 34.3 Å². The molecule has 2 N–H and O–H groups in total. The Morgan fingerprint density at radius 2 is 1.78 bits per heavy atom. The minimum absolute atomic E-state index is 0.102. The summed E-state index contributed by atoms with van der Waals surface area (Å²) < 4.78 is 40.1. The summed E-state index contributed by atoms with van der Waals surface area (Å²) >= 11 is 3.39. The number of rotatable bonds is 8. The summed E-state index contributed by atoms with van der Waals surface area (Å²) in [4.78, 5) is 25.2. The summed E-state index contributed by atoms with van der Waals surface area (Å²) in [6.07, 6.45) is 1.57. The molecule has 8 nitrogen and oxygen atoms in total. The van der Waals surface area contributed by atoms with Gasteiger partial charge in [0.15, 0.2) is 0 Å². The molecule has 37 heavy (non-hydrogen) atoms. The fourth-order valence-electron chi connectivity index (χ4n) is 3.82. The van der Waals surface area contributed by atoms with Crippen molar-refractivity contribution in [2.24, 2.45) is 5.92 Å². The molecular formula is C27H27BrN2O6S. The van der Waals surface area contributed by atoms with Crippen LogP contribution in [0, 0.1) is 12.8 Å². The maximum atomic E-state index is 13.0. The third-order valence-electron chi connectivity index (χ3n) is 5.88. The van der Waals surface area contributed by atoms with Gasteiger partial charge in [-0.2, -0.15) is 0 Å². The van der Waals surface area contributed by atoms with Gasteiger partial charge in [-0.25, -0.2) is 13.1 Å². The monoisotopic (exact) mass is 586 g/mol. The predicted molar refractivity (Wildman–Crippen MR) is 143 cm³/mol. The number of aryl methyl sites for hydroxylation is 1. The molecule has 0 saturated carbocycles. The quantitative estimate of drug-likeness (QED) is 0.391. The minimum Gasteiger partial charge on any atom is -0.488 e. The van der Waals surface area contributed by atoms with Crippen LogP contribution < -0.4 is 14.8 Å². The molecule has 3 aromatic carbocycles. The molecule has 2 amide bonds. The van der Waals surface area contributed by atoms with Gasteiger partial charge in [0.25, 0.3) is 15.9 Å². The number of sulfonamides is 1. The SMILES string of the molecule is Cc1ccc(C(=O)NS(=O)(=O)c2ccc(NC(=O)[C@H]3CCCOC3)cc2)c(OCc2ccc(Br)cc2)c1. The van der Waals surface area contributed by atoms with E-state index in [9.17, 15) is 18.0 Å². The molecule has 1 aliphatic heterocycles. The highest BCUT2D eigenvalue weighted by Gasteiger charge is 2.23. The number of hydrogen-bond acceptors (Lipinski definition) is 6. The molecule has 0 bridgehead atoms. The lowest BCUT2D eigenvalue weighted by molar-refractivity contribution is -0.123. The van der Waals surface area contributed by atoms with Crippen molar-refractivity contribution >= 4 is 43.5 Å². The van der Waals surface area contributed by atoms with Gasteiger partial charge in [0.05, 0.1) is 23.0 Å². The number of benzene rings is 3. The second-order valence-electron chi connectivity index (χ2n) is 8.78. The lowest BCUT2D eigenvalue weighted by Crippen LogP contribution is -2.31. The lowest BCUT2D eigenvalue weighted by atomic mass is 10.0. The van der Waals surface area contributed by atoms with Crippen molar-refractivity contribution in [3.8, 4) is 5.75 Å². The van der Waals surface area contributed by atoms with Gasteiger partial charge in [0, 0.05) is 16.8 Å². The Balaban J connectivity index is 1.43. The molecule has 0 aliphatic carbocycles. The predicted octanol–water partition coefficient (Wildman–Crippen LogP) is 4.82. The summed E-state index contributed by atoms with van der Waals surface area (Å²) in [5.41, 5.74) is 2.32. The Kier molecular flexibility index (Phi) is 8.63. The van der Waals surface area contributed by atoms with Crippen molar-refractivity contribution in [2.45, 2.75) is 31.3 Å². The van der Waals surface area contributed by atoms with E-state index in [2.05, 4.69) is 26.0 Å². The van der Waals surface area contributed by atoms with Crippen molar-refractivity contribution in [2.75, 3.05) is 18.5 Å². The van der Waals surface area contributed by atoms with Crippen LogP contribution in [0.15, 0.2) is 76.1 Å².